The Balaban J connectivity index is 3.21. The van der Waals surface area contributed by atoms with E-state index >= 15 is 0 Å². The van der Waals surface area contributed by atoms with E-state index in [2.05, 4.69) is 5.32 Å². The number of aliphatic hydroxyl groups excluding tert-OH is 2. The van der Waals surface area contributed by atoms with Gasteiger partial charge in [0.1, 0.15) is 0 Å². The second-order valence-electron chi connectivity index (χ2n) is 3.67. The predicted molar refractivity (Wildman–Crippen MR) is 57.8 cm³/mol. The summed E-state index contributed by atoms with van der Waals surface area (Å²) < 4.78 is 9.96. The van der Waals surface area contributed by atoms with E-state index in [0.29, 0.717) is 32.9 Å². The van der Waals surface area contributed by atoms with E-state index in [1.807, 2.05) is 6.92 Å². The third-order valence-corrected chi connectivity index (χ3v) is 1.93. The van der Waals surface area contributed by atoms with Crippen molar-refractivity contribution in [2.45, 2.75) is 13.0 Å². The lowest BCUT2D eigenvalue weighted by atomic mass is 10.2. The molecule has 0 radical (unpaired) electrons. The Morgan fingerprint density at radius 1 is 1.27 bits per heavy atom. The predicted octanol–water partition coefficient (Wildman–Crippen LogP) is -0.772. The highest BCUT2D eigenvalue weighted by molar-refractivity contribution is 4.61. The van der Waals surface area contributed by atoms with E-state index in [1.54, 1.807) is 7.11 Å². The number of ether oxygens (including phenoxy) is 2. The number of hydrogen-bond acceptors (Lipinski definition) is 5. The minimum absolute atomic E-state index is 0.160. The van der Waals surface area contributed by atoms with E-state index < -0.39 is 6.10 Å². The van der Waals surface area contributed by atoms with Gasteiger partial charge in [0.2, 0.25) is 0 Å². The fourth-order valence-corrected chi connectivity index (χ4v) is 0.981. The Bertz CT molecular complexity index is 135. The summed E-state index contributed by atoms with van der Waals surface area (Å²) >= 11 is 0. The van der Waals surface area contributed by atoms with Gasteiger partial charge in [-0.25, -0.2) is 0 Å². The molecule has 2 atom stereocenters. The molecule has 0 aromatic rings. The Morgan fingerprint density at radius 3 is 2.60 bits per heavy atom. The molecular weight excluding hydrogens is 198 g/mol. The molecule has 0 aliphatic carbocycles. The lowest BCUT2D eigenvalue weighted by molar-refractivity contribution is 0.0134. The van der Waals surface area contributed by atoms with Crippen LogP contribution in [0.15, 0.2) is 0 Å². The van der Waals surface area contributed by atoms with Crippen LogP contribution in [0.4, 0.5) is 0 Å². The van der Waals surface area contributed by atoms with E-state index in [-0.39, 0.29) is 12.5 Å². The molecule has 3 N–H and O–H groups in total. The van der Waals surface area contributed by atoms with Gasteiger partial charge in [0.25, 0.3) is 0 Å². The highest BCUT2D eigenvalue weighted by atomic mass is 16.5. The molecule has 0 rings (SSSR count). The molecule has 0 aliphatic rings. The van der Waals surface area contributed by atoms with Gasteiger partial charge in [-0.15, -0.1) is 0 Å². The third-order valence-electron chi connectivity index (χ3n) is 1.93. The van der Waals surface area contributed by atoms with Crippen molar-refractivity contribution in [3.05, 3.63) is 0 Å². The summed E-state index contributed by atoms with van der Waals surface area (Å²) in [5.41, 5.74) is 0. The first kappa shape index (κ1) is 14.8. The smallest absolute Gasteiger partial charge is 0.0897 e. The van der Waals surface area contributed by atoms with Crippen molar-refractivity contribution in [3.63, 3.8) is 0 Å². The Hall–Kier alpha value is -0.200. The van der Waals surface area contributed by atoms with Crippen molar-refractivity contribution in [2.75, 3.05) is 46.6 Å². The van der Waals surface area contributed by atoms with Crippen LogP contribution in [-0.2, 0) is 9.47 Å². The Labute approximate surface area is 91.4 Å². The Morgan fingerprint density at radius 2 is 2.00 bits per heavy atom. The average molecular weight is 221 g/mol. The average Bonchev–Trinajstić information content (AvgIpc) is 2.24. The van der Waals surface area contributed by atoms with Gasteiger partial charge >= 0.3 is 0 Å². The minimum atomic E-state index is -0.507. The summed E-state index contributed by atoms with van der Waals surface area (Å²) in [7, 11) is 1.61. The van der Waals surface area contributed by atoms with Crippen LogP contribution in [0.5, 0.6) is 0 Å². The molecule has 15 heavy (non-hydrogen) atoms. The summed E-state index contributed by atoms with van der Waals surface area (Å²) in [6.07, 6.45) is -0.507. The molecule has 2 unspecified atom stereocenters. The molecule has 0 saturated carbocycles. The van der Waals surface area contributed by atoms with Crippen LogP contribution in [0.2, 0.25) is 0 Å². The Kier molecular flexibility index (Phi) is 10.2. The molecule has 0 aromatic heterocycles. The van der Waals surface area contributed by atoms with Crippen LogP contribution < -0.4 is 5.32 Å². The lowest BCUT2D eigenvalue weighted by Gasteiger charge is -2.14. The molecular formula is C10H23NO4. The van der Waals surface area contributed by atoms with Gasteiger partial charge in [0.05, 0.1) is 25.9 Å². The molecule has 0 spiro atoms. The van der Waals surface area contributed by atoms with Crippen molar-refractivity contribution in [2.24, 2.45) is 5.92 Å². The van der Waals surface area contributed by atoms with Gasteiger partial charge in [-0.05, 0) is 12.5 Å². The van der Waals surface area contributed by atoms with E-state index in [4.69, 9.17) is 14.6 Å². The zero-order valence-corrected chi connectivity index (χ0v) is 9.61. The number of rotatable bonds is 10. The van der Waals surface area contributed by atoms with Gasteiger partial charge in [0, 0.05) is 20.3 Å². The number of nitrogens with one attached hydrogen (secondary N) is 1. The van der Waals surface area contributed by atoms with Crippen LogP contribution in [0.3, 0.4) is 0 Å². The highest BCUT2D eigenvalue weighted by Crippen LogP contribution is 1.90. The van der Waals surface area contributed by atoms with Crippen molar-refractivity contribution in [1.29, 1.82) is 0 Å². The van der Waals surface area contributed by atoms with Crippen molar-refractivity contribution in [1.82, 2.24) is 5.32 Å². The number of aliphatic hydroxyl groups is 2. The minimum Gasteiger partial charge on any atom is -0.396 e. The maximum absolute atomic E-state index is 9.44. The molecule has 5 heteroatoms. The zero-order valence-electron chi connectivity index (χ0n) is 9.61. The summed E-state index contributed by atoms with van der Waals surface area (Å²) in [6, 6.07) is 0. The molecule has 5 nitrogen and oxygen atoms in total. The van der Waals surface area contributed by atoms with Crippen molar-refractivity contribution < 1.29 is 19.7 Å². The normalized spacial score (nSPS) is 15.2. The maximum atomic E-state index is 9.44. The zero-order chi connectivity index (χ0) is 11.5. The van der Waals surface area contributed by atoms with E-state index in [9.17, 15) is 5.11 Å². The number of hydrogen-bond donors (Lipinski definition) is 3. The molecule has 0 heterocycles. The second kappa shape index (κ2) is 10.3. The second-order valence-corrected chi connectivity index (χ2v) is 3.67. The van der Waals surface area contributed by atoms with Crippen LogP contribution >= 0.6 is 0 Å². The lowest BCUT2D eigenvalue weighted by Crippen LogP contribution is -2.33. The van der Waals surface area contributed by atoms with Crippen LogP contribution in [0.25, 0.3) is 0 Å². The summed E-state index contributed by atoms with van der Waals surface area (Å²) in [5.74, 6) is 0.214. The first-order valence-electron chi connectivity index (χ1n) is 5.27. The largest absolute Gasteiger partial charge is 0.396 e. The van der Waals surface area contributed by atoms with Gasteiger partial charge in [-0.1, -0.05) is 6.92 Å². The third kappa shape index (κ3) is 10.1. The fourth-order valence-electron chi connectivity index (χ4n) is 0.981. The van der Waals surface area contributed by atoms with Crippen molar-refractivity contribution in [3.8, 4) is 0 Å². The molecule has 0 bridgehead atoms. The van der Waals surface area contributed by atoms with Gasteiger partial charge in [0.15, 0.2) is 0 Å². The summed E-state index contributed by atoms with van der Waals surface area (Å²) in [6.45, 7) is 4.64. The van der Waals surface area contributed by atoms with Crippen LogP contribution in [0, 0.1) is 5.92 Å². The highest BCUT2D eigenvalue weighted by Gasteiger charge is 2.05. The first-order valence-corrected chi connectivity index (χ1v) is 5.27. The van der Waals surface area contributed by atoms with E-state index in [0.717, 1.165) is 0 Å². The first-order chi connectivity index (χ1) is 7.20. The van der Waals surface area contributed by atoms with Gasteiger partial charge < -0.3 is 25.0 Å². The van der Waals surface area contributed by atoms with Crippen LogP contribution in [0.1, 0.15) is 6.92 Å². The van der Waals surface area contributed by atoms with Gasteiger partial charge in [-0.2, -0.15) is 0 Å². The SMILES string of the molecule is COCCOCC(O)CNCC(C)CO. The fraction of sp³-hybridized carbons (Fsp3) is 1.00. The molecule has 92 valence electrons. The molecule has 0 aliphatic heterocycles. The maximum Gasteiger partial charge on any atom is 0.0897 e. The van der Waals surface area contributed by atoms with Crippen LogP contribution in [-0.4, -0.2) is 62.9 Å². The number of methoxy groups -OCH3 is 1. The topological polar surface area (TPSA) is 71.0 Å². The molecule has 0 amide bonds. The summed E-state index contributed by atoms with van der Waals surface area (Å²) in [5, 5.41) is 21.3. The standard InChI is InChI=1S/C10H23NO4/c1-9(7-12)5-11-6-10(13)8-15-4-3-14-2/h9-13H,3-8H2,1-2H3. The quantitative estimate of drug-likeness (QED) is 0.423. The molecule has 0 fully saturated rings. The van der Waals surface area contributed by atoms with Gasteiger partial charge in [-0.3, -0.25) is 0 Å². The van der Waals surface area contributed by atoms with Crippen molar-refractivity contribution >= 4 is 0 Å². The van der Waals surface area contributed by atoms with E-state index in [1.165, 1.54) is 0 Å². The molecule has 0 aromatic carbocycles. The summed E-state index contributed by atoms with van der Waals surface area (Å²) in [4.78, 5) is 0. The monoisotopic (exact) mass is 221 g/mol. The molecule has 0 saturated heterocycles.